The lowest BCUT2D eigenvalue weighted by atomic mass is 10.2. The third-order valence-electron chi connectivity index (χ3n) is 5.38. The number of aliphatic carboxylic acids is 2. The second kappa shape index (κ2) is 13.2. The topological polar surface area (TPSA) is 194 Å². The summed E-state index contributed by atoms with van der Waals surface area (Å²) in [5.74, 6) is -2.40. The molecule has 2 rings (SSSR count). The van der Waals surface area contributed by atoms with E-state index in [1.54, 1.807) is 14.7 Å². The zero-order chi connectivity index (χ0) is 24.4. The van der Waals surface area contributed by atoms with Crippen LogP contribution >= 0.6 is 0 Å². The fraction of sp³-hybridized carbons (Fsp3) is 0.684. The normalized spacial score (nSPS) is 18.6. The summed E-state index contributed by atoms with van der Waals surface area (Å²) in [5, 5.41) is 47.3. The first-order valence-electron chi connectivity index (χ1n) is 10.6. The summed E-state index contributed by atoms with van der Waals surface area (Å²) in [5.41, 5.74) is -0.418. The Kier molecular flexibility index (Phi) is 10.6. The molecule has 33 heavy (non-hydrogen) atoms. The standard InChI is InChI=1S/C19H32N6O8/c26-15(27)10-23-3-1-22(9-14-18(32)20-13-21-19(14)33)2-4-24(11-16(28)29)6-8-25(7-5-23)12-17(30)31/h13,17,30-31H,1-12H2,(H,26,27)(H,28,29)(H2,20,21,32,33). The van der Waals surface area contributed by atoms with Gasteiger partial charge in [0.05, 0.1) is 25.0 Å². The molecule has 1 fully saturated rings. The molecule has 1 aromatic heterocycles. The van der Waals surface area contributed by atoms with Gasteiger partial charge in [-0.3, -0.25) is 34.0 Å². The van der Waals surface area contributed by atoms with Crippen molar-refractivity contribution in [2.75, 3.05) is 72.0 Å². The van der Waals surface area contributed by atoms with Crippen molar-refractivity contribution in [2.45, 2.75) is 12.8 Å². The van der Waals surface area contributed by atoms with E-state index < -0.39 is 29.7 Å². The molecule has 0 spiro atoms. The smallest absolute Gasteiger partial charge is 0.317 e. The van der Waals surface area contributed by atoms with Crippen molar-refractivity contribution in [1.29, 1.82) is 0 Å². The highest BCUT2D eigenvalue weighted by Crippen LogP contribution is 2.11. The maximum absolute atomic E-state index is 12.1. The molecule has 186 valence electrons. The molecule has 0 bridgehead atoms. The fourth-order valence-corrected chi connectivity index (χ4v) is 3.63. The van der Waals surface area contributed by atoms with Gasteiger partial charge in [0.15, 0.2) is 6.29 Å². The van der Waals surface area contributed by atoms with Crippen LogP contribution in [0.25, 0.3) is 0 Å². The van der Waals surface area contributed by atoms with Gasteiger partial charge in [-0.2, -0.15) is 0 Å². The zero-order valence-corrected chi connectivity index (χ0v) is 18.3. The van der Waals surface area contributed by atoms with Gasteiger partial charge >= 0.3 is 11.9 Å². The lowest BCUT2D eigenvalue weighted by Gasteiger charge is -2.33. The molecule has 1 aliphatic heterocycles. The molecule has 0 aliphatic carbocycles. The minimum Gasteiger partial charge on any atom is -0.493 e. The quantitative estimate of drug-likeness (QED) is 0.206. The summed E-state index contributed by atoms with van der Waals surface area (Å²) in [6.07, 6.45) is -0.477. The van der Waals surface area contributed by atoms with E-state index in [1.807, 2.05) is 4.90 Å². The fourth-order valence-electron chi connectivity index (χ4n) is 3.63. The number of hydrogen-bond acceptors (Lipinski definition) is 11. The van der Waals surface area contributed by atoms with Crippen LogP contribution in [0.15, 0.2) is 11.1 Å². The Bertz CT molecular complexity index is 803. The number of aromatic hydroxyl groups is 1. The average Bonchev–Trinajstić information content (AvgIpc) is 2.71. The molecule has 14 heteroatoms. The van der Waals surface area contributed by atoms with E-state index in [0.29, 0.717) is 52.4 Å². The maximum Gasteiger partial charge on any atom is 0.317 e. The number of aromatic nitrogens is 2. The SMILES string of the molecule is O=C(O)CN1CCN(Cc2c(O)nc[nH]c2=O)CCN(CC(=O)O)CCN(CC(O)O)CC1. The van der Waals surface area contributed by atoms with Crippen molar-refractivity contribution in [3.05, 3.63) is 22.2 Å². The number of carbonyl (C=O) groups is 2. The van der Waals surface area contributed by atoms with E-state index in [2.05, 4.69) is 9.97 Å². The number of nitrogens with one attached hydrogen (secondary N) is 1. The number of rotatable bonds is 8. The predicted octanol–water partition coefficient (Wildman–Crippen LogP) is -3.32. The van der Waals surface area contributed by atoms with Gasteiger partial charge in [-0.1, -0.05) is 0 Å². The van der Waals surface area contributed by atoms with Crippen molar-refractivity contribution in [3.8, 4) is 5.88 Å². The molecule has 14 nitrogen and oxygen atoms in total. The highest BCUT2D eigenvalue weighted by molar-refractivity contribution is 5.69. The summed E-state index contributed by atoms with van der Waals surface area (Å²) in [7, 11) is 0. The van der Waals surface area contributed by atoms with Crippen LogP contribution in [0.4, 0.5) is 0 Å². The number of H-pyrrole nitrogens is 1. The molecule has 1 aliphatic rings. The molecule has 1 saturated heterocycles. The monoisotopic (exact) mass is 472 g/mol. The number of aliphatic hydroxyl groups excluding tert-OH is 1. The van der Waals surface area contributed by atoms with E-state index in [4.69, 9.17) is 0 Å². The third kappa shape index (κ3) is 9.81. The van der Waals surface area contributed by atoms with Gasteiger partial charge in [0.1, 0.15) is 0 Å². The minimum atomic E-state index is -1.57. The van der Waals surface area contributed by atoms with Crippen LogP contribution in [-0.4, -0.2) is 145 Å². The molecule has 0 amide bonds. The summed E-state index contributed by atoms with van der Waals surface area (Å²) in [6, 6.07) is 0. The second-order valence-corrected chi connectivity index (χ2v) is 7.93. The molecule has 6 N–H and O–H groups in total. The van der Waals surface area contributed by atoms with Crippen molar-refractivity contribution < 1.29 is 35.1 Å². The highest BCUT2D eigenvalue weighted by Gasteiger charge is 2.21. The second-order valence-electron chi connectivity index (χ2n) is 7.93. The van der Waals surface area contributed by atoms with Gasteiger partial charge in [0, 0.05) is 65.4 Å². The first kappa shape index (κ1) is 26.6. The van der Waals surface area contributed by atoms with E-state index in [9.17, 15) is 39.9 Å². The van der Waals surface area contributed by atoms with Crippen LogP contribution < -0.4 is 5.56 Å². The lowest BCUT2D eigenvalue weighted by Crippen LogP contribution is -2.48. The Hall–Kier alpha value is -2.62. The van der Waals surface area contributed by atoms with Crippen LogP contribution in [0.2, 0.25) is 0 Å². The van der Waals surface area contributed by atoms with E-state index in [-0.39, 0.29) is 31.7 Å². The molecule has 0 saturated carbocycles. The minimum absolute atomic E-state index is 0.0446. The Morgan fingerprint density at radius 2 is 1.33 bits per heavy atom. The Morgan fingerprint density at radius 3 is 1.76 bits per heavy atom. The van der Waals surface area contributed by atoms with E-state index >= 15 is 0 Å². The van der Waals surface area contributed by atoms with Gasteiger partial charge in [-0.05, 0) is 0 Å². The molecular formula is C19H32N6O8. The molecular weight excluding hydrogens is 440 g/mol. The Balaban J connectivity index is 2.21. The predicted molar refractivity (Wildman–Crippen MR) is 115 cm³/mol. The van der Waals surface area contributed by atoms with Crippen LogP contribution in [-0.2, 0) is 16.1 Å². The first-order valence-corrected chi connectivity index (χ1v) is 10.6. The van der Waals surface area contributed by atoms with Crippen molar-refractivity contribution in [1.82, 2.24) is 29.6 Å². The van der Waals surface area contributed by atoms with E-state index in [1.165, 1.54) is 0 Å². The number of carboxylic acid groups (broad SMARTS) is 2. The Labute approximate surface area is 190 Å². The lowest BCUT2D eigenvalue weighted by molar-refractivity contribution is -0.139. The van der Waals surface area contributed by atoms with Gasteiger partial charge in [0.25, 0.3) is 5.56 Å². The van der Waals surface area contributed by atoms with Gasteiger partial charge < -0.3 is 30.5 Å². The largest absolute Gasteiger partial charge is 0.493 e. The molecule has 0 radical (unpaired) electrons. The van der Waals surface area contributed by atoms with Crippen LogP contribution in [0.1, 0.15) is 5.56 Å². The van der Waals surface area contributed by atoms with Crippen LogP contribution in [0.5, 0.6) is 5.88 Å². The number of hydrogen-bond donors (Lipinski definition) is 6. The summed E-state index contributed by atoms with van der Waals surface area (Å²) >= 11 is 0. The maximum atomic E-state index is 12.1. The summed E-state index contributed by atoms with van der Waals surface area (Å²) < 4.78 is 0. The number of β-amino-alcohol motifs (C(OH)–C–C–N with tert-alkyl or cyclic N) is 2. The van der Waals surface area contributed by atoms with Gasteiger partial charge in [-0.25, -0.2) is 4.98 Å². The number of carboxylic acids is 2. The van der Waals surface area contributed by atoms with E-state index in [0.717, 1.165) is 6.33 Å². The molecule has 0 unspecified atom stereocenters. The molecule has 2 heterocycles. The summed E-state index contributed by atoms with van der Waals surface area (Å²) in [6.45, 7) is 2.34. The van der Waals surface area contributed by atoms with Gasteiger partial charge in [-0.15, -0.1) is 0 Å². The van der Waals surface area contributed by atoms with Crippen LogP contribution in [0.3, 0.4) is 0 Å². The summed E-state index contributed by atoms with van der Waals surface area (Å²) in [4.78, 5) is 47.9. The number of nitrogens with zero attached hydrogens (tertiary/aromatic N) is 5. The molecule has 0 aromatic carbocycles. The van der Waals surface area contributed by atoms with Crippen LogP contribution in [0, 0.1) is 0 Å². The van der Waals surface area contributed by atoms with Crippen molar-refractivity contribution in [2.24, 2.45) is 0 Å². The van der Waals surface area contributed by atoms with Crippen molar-refractivity contribution in [3.63, 3.8) is 0 Å². The first-order chi connectivity index (χ1) is 15.6. The highest BCUT2D eigenvalue weighted by atomic mass is 16.5. The number of aliphatic hydroxyl groups is 2. The molecule has 1 aromatic rings. The average molecular weight is 472 g/mol. The van der Waals surface area contributed by atoms with Gasteiger partial charge in [0.2, 0.25) is 5.88 Å². The Morgan fingerprint density at radius 1 is 0.879 bits per heavy atom. The van der Waals surface area contributed by atoms with Crippen molar-refractivity contribution >= 4 is 11.9 Å². The molecule has 0 atom stereocenters. The third-order valence-corrected chi connectivity index (χ3v) is 5.38. The zero-order valence-electron chi connectivity index (χ0n) is 18.3. The number of aromatic amines is 1.